The van der Waals surface area contributed by atoms with Gasteiger partial charge in [-0.25, -0.2) is 9.97 Å². The van der Waals surface area contributed by atoms with Gasteiger partial charge in [-0.15, -0.1) is 0 Å². The normalized spacial score (nSPS) is 12.1. The van der Waals surface area contributed by atoms with Gasteiger partial charge in [0.25, 0.3) is 5.69 Å². The molecule has 0 saturated heterocycles. The van der Waals surface area contributed by atoms with Gasteiger partial charge in [0, 0.05) is 11.6 Å². The molecule has 1 unspecified atom stereocenters. The largest absolute Gasteiger partial charge is 0.366 e. The summed E-state index contributed by atoms with van der Waals surface area (Å²) in [5.74, 6) is 0.607. The third-order valence-corrected chi connectivity index (χ3v) is 2.60. The molecular weight excluding hydrogens is 248 g/mol. The van der Waals surface area contributed by atoms with Gasteiger partial charge in [0.15, 0.2) is 0 Å². The summed E-state index contributed by atoms with van der Waals surface area (Å²) in [5.41, 5.74) is 0.602. The summed E-state index contributed by atoms with van der Waals surface area (Å²) in [4.78, 5) is 18.1. The third-order valence-electron chi connectivity index (χ3n) is 2.60. The van der Waals surface area contributed by atoms with E-state index < -0.39 is 4.92 Å². The van der Waals surface area contributed by atoms with Crippen LogP contribution in [0.3, 0.4) is 0 Å². The Morgan fingerprint density at radius 1 is 1.58 bits per heavy atom. The molecule has 0 saturated carbocycles. The molecule has 2 heterocycles. The van der Waals surface area contributed by atoms with Crippen molar-refractivity contribution in [1.29, 1.82) is 0 Å². The fourth-order valence-corrected chi connectivity index (χ4v) is 1.72. The molecule has 2 rings (SSSR count). The van der Waals surface area contributed by atoms with Crippen LogP contribution in [0.15, 0.2) is 24.9 Å². The number of nitro groups is 1. The van der Waals surface area contributed by atoms with Crippen LogP contribution in [0.4, 0.5) is 11.5 Å². The lowest BCUT2D eigenvalue weighted by molar-refractivity contribution is -0.385. The maximum absolute atomic E-state index is 10.7. The molecule has 0 aliphatic rings. The third kappa shape index (κ3) is 3.24. The summed E-state index contributed by atoms with van der Waals surface area (Å²) in [6, 6.07) is 1.74. The molecule has 2 aromatic rings. The number of anilines is 1. The van der Waals surface area contributed by atoms with Gasteiger partial charge in [0.2, 0.25) is 0 Å². The predicted molar refractivity (Wildman–Crippen MR) is 68.7 cm³/mol. The number of aryl methyl sites for hydroxylation is 1. The zero-order chi connectivity index (χ0) is 13.8. The Labute approximate surface area is 109 Å². The standard InChI is InChI=1S/C11H14N6O2/c1-8-3-11(13-4-10(8)17(18)19)15-9(2)5-16-7-12-6-14-16/h3-4,6-7,9H,5H2,1-2H3,(H,13,15). The van der Waals surface area contributed by atoms with Gasteiger partial charge in [0.1, 0.15) is 24.7 Å². The van der Waals surface area contributed by atoms with Crippen LogP contribution in [-0.2, 0) is 6.54 Å². The number of nitrogens with zero attached hydrogens (tertiary/aromatic N) is 5. The summed E-state index contributed by atoms with van der Waals surface area (Å²) in [6.07, 6.45) is 4.37. The highest BCUT2D eigenvalue weighted by Crippen LogP contribution is 2.19. The summed E-state index contributed by atoms with van der Waals surface area (Å²) in [6.45, 7) is 4.30. The highest BCUT2D eigenvalue weighted by Gasteiger charge is 2.12. The van der Waals surface area contributed by atoms with Crippen LogP contribution in [0.25, 0.3) is 0 Å². The van der Waals surface area contributed by atoms with Crippen LogP contribution in [0.5, 0.6) is 0 Å². The monoisotopic (exact) mass is 262 g/mol. The molecule has 0 aliphatic heterocycles. The van der Waals surface area contributed by atoms with Gasteiger partial charge in [-0.3, -0.25) is 14.8 Å². The van der Waals surface area contributed by atoms with Crippen molar-refractivity contribution in [3.05, 3.63) is 40.6 Å². The summed E-state index contributed by atoms with van der Waals surface area (Å²) < 4.78 is 1.70. The molecule has 0 amide bonds. The van der Waals surface area contributed by atoms with Crippen LogP contribution >= 0.6 is 0 Å². The quantitative estimate of drug-likeness (QED) is 0.645. The summed E-state index contributed by atoms with van der Waals surface area (Å²) in [5, 5.41) is 17.9. The fourth-order valence-electron chi connectivity index (χ4n) is 1.72. The number of aromatic nitrogens is 4. The second kappa shape index (κ2) is 5.42. The zero-order valence-corrected chi connectivity index (χ0v) is 10.6. The van der Waals surface area contributed by atoms with Crippen LogP contribution in [-0.4, -0.2) is 30.7 Å². The Morgan fingerprint density at radius 2 is 2.37 bits per heavy atom. The van der Waals surface area contributed by atoms with Crippen molar-refractivity contribution in [3.63, 3.8) is 0 Å². The molecule has 1 N–H and O–H groups in total. The Hall–Kier alpha value is -2.51. The van der Waals surface area contributed by atoms with E-state index in [0.29, 0.717) is 17.9 Å². The topological polar surface area (TPSA) is 98.8 Å². The van der Waals surface area contributed by atoms with Crippen LogP contribution in [0.2, 0.25) is 0 Å². The first kappa shape index (κ1) is 12.9. The minimum absolute atomic E-state index is 0.0227. The Bertz CT molecular complexity index is 569. The number of rotatable bonds is 5. The van der Waals surface area contributed by atoms with E-state index >= 15 is 0 Å². The van der Waals surface area contributed by atoms with Crippen molar-refractivity contribution in [2.75, 3.05) is 5.32 Å². The first-order chi connectivity index (χ1) is 9.06. The Balaban J connectivity index is 2.03. The van der Waals surface area contributed by atoms with E-state index in [2.05, 4.69) is 20.4 Å². The fraction of sp³-hybridized carbons (Fsp3) is 0.364. The molecule has 1 atom stereocenters. The predicted octanol–water partition coefficient (Wildman–Crippen LogP) is 1.39. The van der Waals surface area contributed by atoms with Crippen molar-refractivity contribution < 1.29 is 4.92 Å². The molecule has 0 aromatic carbocycles. The van der Waals surface area contributed by atoms with Crippen LogP contribution in [0.1, 0.15) is 12.5 Å². The SMILES string of the molecule is Cc1cc(NC(C)Cn2cncn2)ncc1[N+](=O)[O-]. The molecular formula is C11H14N6O2. The molecule has 0 aliphatic carbocycles. The maximum atomic E-state index is 10.7. The lowest BCUT2D eigenvalue weighted by Crippen LogP contribution is -2.22. The number of hydrogen-bond acceptors (Lipinski definition) is 6. The van der Waals surface area contributed by atoms with Gasteiger partial charge in [-0.1, -0.05) is 0 Å². The van der Waals surface area contributed by atoms with Gasteiger partial charge in [-0.2, -0.15) is 5.10 Å². The Kier molecular flexibility index (Phi) is 3.69. The molecule has 2 aromatic heterocycles. The molecule has 19 heavy (non-hydrogen) atoms. The van der Waals surface area contributed by atoms with Gasteiger partial charge >= 0.3 is 0 Å². The highest BCUT2D eigenvalue weighted by atomic mass is 16.6. The molecule has 0 spiro atoms. The van der Waals surface area contributed by atoms with E-state index in [-0.39, 0.29) is 11.7 Å². The first-order valence-electron chi connectivity index (χ1n) is 5.76. The first-order valence-corrected chi connectivity index (χ1v) is 5.76. The molecule has 0 radical (unpaired) electrons. The van der Waals surface area contributed by atoms with Crippen molar-refractivity contribution in [2.45, 2.75) is 26.4 Å². The zero-order valence-electron chi connectivity index (χ0n) is 10.6. The average molecular weight is 262 g/mol. The van der Waals surface area contributed by atoms with E-state index in [9.17, 15) is 10.1 Å². The summed E-state index contributed by atoms with van der Waals surface area (Å²) >= 11 is 0. The number of pyridine rings is 1. The molecule has 8 heteroatoms. The lowest BCUT2D eigenvalue weighted by Gasteiger charge is -2.14. The van der Waals surface area contributed by atoms with E-state index in [0.717, 1.165) is 0 Å². The van der Waals surface area contributed by atoms with Crippen LogP contribution in [0, 0.1) is 17.0 Å². The van der Waals surface area contributed by atoms with Gasteiger partial charge in [0.05, 0.1) is 11.5 Å². The van der Waals surface area contributed by atoms with Crippen molar-refractivity contribution in [2.24, 2.45) is 0 Å². The van der Waals surface area contributed by atoms with E-state index in [1.54, 1.807) is 24.0 Å². The molecule has 100 valence electrons. The smallest absolute Gasteiger partial charge is 0.290 e. The minimum Gasteiger partial charge on any atom is -0.366 e. The van der Waals surface area contributed by atoms with Crippen LogP contribution < -0.4 is 5.32 Å². The van der Waals surface area contributed by atoms with Crippen molar-refractivity contribution in [1.82, 2.24) is 19.7 Å². The lowest BCUT2D eigenvalue weighted by atomic mass is 10.2. The molecule has 0 bridgehead atoms. The molecule has 0 fully saturated rings. The highest BCUT2D eigenvalue weighted by molar-refractivity contribution is 5.47. The van der Waals surface area contributed by atoms with E-state index in [1.165, 1.54) is 12.5 Å². The number of hydrogen-bond donors (Lipinski definition) is 1. The molecule has 8 nitrogen and oxygen atoms in total. The Morgan fingerprint density at radius 3 is 2.95 bits per heavy atom. The van der Waals surface area contributed by atoms with Crippen molar-refractivity contribution >= 4 is 11.5 Å². The van der Waals surface area contributed by atoms with Gasteiger partial charge in [-0.05, 0) is 19.9 Å². The number of nitrogens with one attached hydrogen (secondary N) is 1. The van der Waals surface area contributed by atoms with E-state index in [4.69, 9.17) is 0 Å². The minimum atomic E-state index is -0.440. The maximum Gasteiger partial charge on any atom is 0.290 e. The second-order valence-electron chi connectivity index (χ2n) is 4.28. The second-order valence-corrected chi connectivity index (χ2v) is 4.28. The average Bonchev–Trinajstić information content (AvgIpc) is 2.81. The van der Waals surface area contributed by atoms with Gasteiger partial charge < -0.3 is 5.32 Å². The van der Waals surface area contributed by atoms with E-state index in [1.807, 2.05) is 6.92 Å². The summed E-state index contributed by atoms with van der Waals surface area (Å²) in [7, 11) is 0. The van der Waals surface area contributed by atoms with Crippen molar-refractivity contribution in [3.8, 4) is 0 Å².